The maximum Gasteiger partial charge on any atom is 0.270 e. The second-order valence-electron chi connectivity index (χ2n) is 4.89. The first-order valence-electron chi connectivity index (χ1n) is 5.93. The zero-order valence-electron chi connectivity index (χ0n) is 10.4. The van der Waals surface area contributed by atoms with Gasteiger partial charge >= 0.3 is 0 Å². The Kier molecular flexibility index (Phi) is 3.79. The monoisotopic (exact) mass is 316 g/mol. The fourth-order valence-electron chi connectivity index (χ4n) is 2.14. The Morgan fingerprint density at radius 1 is 1.39 bits per heavy atom. The molecular formula is C12H17BrN2O3. The molecule has 2 unspecified atom stereocenters. The molecule has 2 heterocycles. The highest BCUT2D eigenvalue weighted by atomic mass is 79.9. The summed E-state index contributed by atoms with van der Waals surface area (Å²) in [6, 6.07) is 1.94. The minimum absolute atomic E-state index is 0.162. The lowest BCUT2D eigenvalue weighted by Crippen LogP contribution is -2.31. The number of β-amino-alcohol motifs (C(OH)–C–C–N with tert-alkyl or cyclic N) is 2. The zero-order valence-corrected chi connectivity index (χ0v) is 12.0. The molecule has 2 N–H and O–H groups in total. The van der Waals surface area contributed by atoms with E-state index in [0.29, 0.717) is 5.69 Å². The molecule has 1 aliphatic heterocycles. The lowest BCUT2D eigenvalue weighted by Gasteiger charge is -2.18. The number of rotatable bonds is 2. The summed E-state index contributed by atoms with van der Waals surface area (Å²) in [6.07, 6.45) is 0.167. The van der Waals surface area contributed by atoms with Crippen molar-refractivity contribution in [1.29, 1.82) is 0 Å². The number of halogens is 1. The molecule has 2 rings (SSSR count). The molecule has 1 fully saturated rings. The van der Waals surface area contributed by atoms with Crippen LogP contribution in [0.3, 0.4) is 0 Å². The fraction of sp³-hybridized carbons (Fsp3) is 0.583. The Morgan fingerprint density at radius 3 is 2.44 bits per heavy atom. The summed E-state index contributed by atoms with van der Waals surface area (Å²) in [5, 5.41) is 19.0. The van der Waals surface area contributed by atoms with Gasteiger partial charge in [0.15, 0.2) is 0 Å². The van der Waals surface area contributed by atoms with Gasteiger partial charge in [0.25, 0.3) is 5.91 Å². The topological polar surface area (TPSA) is 65.7 Å². The minimum atomic E-state index is -0.847. The van der Waals surface area contributed by atoms with Crippen LogP contribution in [0.15, 0.2) is 16.7 Å². The maximum absolute atomic E-state index is 12.3. The van der Waals surface area contributed by atoms with Gasteiger partial charge in [-0.15, -0.1) is 0 Å². The lowest BCUT2D eigenvalue weighted by molar-refractivity contribution is 0.0572. The van der Waals surface area contributed by atoms with E-state index in [2.05, 4.69) is 15.9 Å². The van der Waals surface area contributed by atoms with E-state index in [1.807, 2.05) is 24.6 Å². The number of hydrogen-bond acceptors (Lipinski definition) is 3. The number of hydrogen-bond donors (Lipinski definition) is 2. The molecule has 0 bridgehead atoms. The average molecular weight is 317 g/mol. The SMILES string of the molecule is CC(C)n1cc(Br)cc1C(=O)N1CC(O)C(O)C1. The Hall–Kier alpha value is -0.850. The third-order valence-electron chi connectivity index (χ3n) is 3.14. The normalized spacial score (nSPS) is 24.0. The number of amides is 1. The number of aliphatic hydroxyl groups is 2. The van der Waals surface area contributed by atoms with Gasteiger partial charge in [0.2, 0.25) is 0 Å². The third-order valence-corrected chi connectivity index (χ3v) is 3.57. The Bertz CT molecular complexity index is 448. The minimum Gasteiger partial charge on any atom is -0.388 e. The van der Waals surface area contributed by atoms with Crippen LogP contribution in [0.4, 0.5) is 0 Å². The summed E-state index contributed by atoms with van der Waals surface area (Å²) in [4.78, 5) is 13.8. The molecule has 1 amide bonds. The number of likely N-dealkylation sites (tertiary alicyclic amines) is 1. The number of carbonyl (C=O) groups is 1. The van der Waals surface area contributed by atoms with Crippen molar-refractivity contribution in [2.75, 3.05) is 13.1 Å². The molecule has 2 atom stereocenters. The van der Waals surface area contributed by atoms with E-state index in [9.17, 15) is 15.0 Å². The Morgan fingerprint density at radius 2 is 1.94 bits per heavy atom. The molecule has 0 radical (unpaired) electrons. The maximum atomic E-state index is 12.3. The van der Waals surface area contributed by atoms with Crippen molar-refractivity contribution >= 4 is 21.8 Å². The van der Waals surface area contributed by atoms with Crippen molar-refractivity contribution in [3.63, 3.8) is 0 Å². The van der Waals surface area contributed by atoms with E-state index in [1.165, 1.54) is 4.90 Å². The predicted octanol–water partition coefficient (Wildman–Crippen LogP) is 1.01. The molecule has 0 spiro atoms. The van der Waals surface area contributed by atoms with Gasteiger partial charge in [0.1, 0.15) is 5.69 Å². The van der Waals surface area contributed by atoms with E-state index < -0.39 is 12.2 Å². The van der Waals surface area contributed by atoms with Gasteiger partial charge in [-0.05, 0) is 35.8 Å². The molecule has 0 saturated carbocycles. The molecule has 0 aliphatic carbocycles. The largest absolute Gasteiger partial charge is 0.388 e. The van der Waals surface area contributed by atoms with E-state index in [0.717, 1.165) is 4.47 Å². The molecule has 5 nitrogen and oxygen atoms in total. The summed E-state index contributed by atoms with van der Waals surface area (Å²) in [5.74, 6) is -0.162. The summed E-state index contributed by atoms with van der Waals surface area (Å²) in [7, 11) is 0. The van der Waals surface area contributed by atoms with Gasteiger partial charge in [-0.25, -0.2) is 0 Å². The summed E-state index contributed by atoms with van der Waals surface area (Å²) in [6.45, 7) is 4.36. The third kappa shape index (κ3) is 2.46. The Balaban J connectivity index is 2.24. The molecule has 6 heteroatoms. The van der Waals surface area contributed by atoms with Crippen molar-refractivity contribution in [3.05, 3.63) is 22.4 Å². The van der Waals surface area contributed by atoms with Crippen LogP contribution in [-0.4, -0.2) is 50.9 Å². The summed E-state index contributed by atoms with van der Waals surface area (Å²) in [5.41, 5.74) is 0.568. The van der Waals surface area contributed by atoms with Gasteiger partial charge in [-0.3, -0.25) is 4.79 Å². The van der Waals surface area contributed by atoms with Crippen molar-refractivity contribution in [1.82, 2.24) is 9.47 Å². The second-order valence-corrected chi connectivity index (χ2v) is 5.81. The van der Waals surface area contributed by atoms with Crippen LogP contribution in [-0.2, 0) is 0 Å². The highest BCUT2D eigenvalue weighted by molar-refractivity contribution is 9.10. The number of carbonyl (C=O) groups excluding carboxylic acids is 1. The van der Waals surface area contributed by atoms with E-state index in [-0.39, 0.29) is 25.0 Å². The number of aliphatic hydroxyl groups excluding tert-OH is 2. The molecule has 1 aliphatic rings. The van der Waals surface area contributed by atoms with Gasteiger partial charge in [0.05, 0.1) is 12.2 Å². The van der Waals surface area contributed by atoms with Crippen LogP contribution in [0.25, 0.3) is 0 Å². The van der Waals surface area contributed by atoms with Crippen LogP contribution in [0.2, 0.25) is 0 Å². The van der Waals surface area contributed by atoms with Crippen LogP contribution in [0.1, 0.15) is 30.4 Å². The van der Waals surface area contributed by atoms with Crippen molar-refractivity contribution < 1.29 is 15.0 Å². The van der Waals surface area contributed by atoms with E-state index in [1.54, 1.807) is 6.07 Å². The van der Waals surface area contributed by atoms with Crippen LogP contribution < -0.4 is 0 Å². The smallest absolute Gasteiger partial charge is 0.270 e. The molecular weight excluding hydrogens is 300 g/mol. The Labute approximate surface area is 114 Å². The van der Waals surface area contributed by atoms with Gasteiger partial charge in [0, 0.05) is 29.8 Å². The first kappa shape index (κ1) is 13.6. The van der Waals surface area contributed by atoms with Crippen LogP contribution in [0.5, 0.6) is 0 Å². The summed E-state index contributed by atoms with van der Waals surface area (Å²) >= 11 is 3.36. The standard InChI is InChI=1S/C12H17BrN2O3/c1-7(2)15-4-8(13)3-9(15)12(18)14-5-10(16)11(17)6-14/h3-4,7,10-11,16-17H,5-6H2,1-2H3. The molecule has 0 aromatic carbocycles. The molecule has 1 aromatic rings. The number of aromatic nitrogens is 1. The van der Waals surface area contributed by atoms with Crippen LogP contribution in [0, 0.1) is 0 Å². The molecule has 100 valence electrons. The molecule has 18 heavy (non-hydrogen) atoms. The van der Waals surface area contributed by atoms with E-state index in [4.69, 9.17) is 0 Å². The summed E-state index contributed by atoms with van der Waals surface area (Å²) < 4.78 is 2.73. The highest BCUT2D eigenvalue weighted by Gasteiger charge is 2.34. The predicted molar refractivity (Wildman–Crippen MR) is 70.4 cm³/mol. The first-order valence-corrected chi connectivity index (χ1v) is 6.72. The van der Waals surface area contributed by atoms with E-state index >= 15 is 0 Å². The number of nitrogens with zero attached hydrogens (tertiary/aromatic N) is 2. The first-order chi connectivity index (χ1) is 8.40. The van der Waals surface area contributed by atoms with Gasteiger partial charge in [-0.1, -0.05) is 0 Å². The van der Waals surface area contributed by atoms with Gasteiger partial charge < -0.3 is 19.7 Å². The lowest BCUT2D eigenvalue weighted by atomic mass is 10.3. The van der Waals surface area contributed by atoms with Crippen molar-refractivity contribution in [3.8, 4) is 0 Å². The van der Waals surface area contributed by atoms with Crippen molar-refractivity contribution in [2.24, 2.45) is 0 Å². The molecule has 1 saturated heterocycles. The van der Waals surface area contributed by atoms with Crippen LogP contribution >= 0.6 is 15.9 Å². The van der Waals surface area contributed by atoms with Crippen molar-refractivity contribution in [2.45, 2.75) is 32.1 Å². The highest BCUT2D eigenvalue weighted by Crippen LogP contribution is 2.22. The van der Waals surface area contributed by atoms with Gasteiger partial charge in [-0.2, -0.15) is 0 Å². The average Bonchev–Trinajstić information content (AvgIpc) is 2.82. The quantitative estimate of drug-likeness (QED) is 0.855. The fourth-order valence-corrected chi connectivity index (χ4v) is 2.58. The zero-order chi connectivity index (χ0) is 13.4. The molecule has 1 aromatic heterocycles. The second kappa shape index (κ2) is 5.03.